The van der Waals surface area contributed by atoms with Gasteiger partial charge in [-0.25, -0.2) is 4.79 Å². The average molecular weight is 270 g/mol. The summed E-state index contributed by atoms with van der Waals surface area (Å²) in [6.07, 6.45) is 0. The second-order valence-corrected chi connectivity index (χ2v) is 4.71. The molecule has 0 radical (unpaired) electrons. The summed E-state index contributed by atoms with van der Waals surface area (Å²) in [5.41, 5.74) is 1.50. The molecule has 0 amide bonds. The molecular weight excluding hydrogens is 252 g/mol. The molecule has 0 aliphatic carbocycles. The number of benzene rings is 2. The maximum Gasteiger partial charge on any atom is 0.340 e. The van der Waals surface area contributed by atoms with E-state index >= 15 is 0 Å². The van der Waals surface area contributed by atoms with E-state index in [1.807, 2.05) is 54.6 Å². The zero-order valence-corrected chi connectivity index (χ0v) is 11.7. The molecule has 0 saturated carbocycles. The van der Waals surface area contributed by atoms with E-state index in [0.717, 1.165) is 11.1 Å². The molecule has 1 N–H and O–H groups in total. The summed E-state index contributed by atoms with van der Waals surface area (Å²) in [5.74, 6) is -0.980. The molecule has 0 aliphatic heterocycles. The van der Waals surface area contributed by atoms with Gasteiger partial charge in [-0.2, -0.15) is 0 Å². The molecule has 0 spiro atoms. The lowest BCUT2D eigenvalue weighted by molar-refractivity contribution is -0.164. The number of hydrogen-bond acceptors (Lipinski definition) is 2. The normalized spacial score (nSPS) is 13.7. The molecular formula is C17H18O3. The van der Waals surface area contributed by atoms with Crippen molar-refractivity contribution in [3.05, 3.63) is 60.2 Å². The summed E-state index contributed by atoms with van der Waals surface area (Å²) in [6.45, 7) is 3.72. The summed E-state index contributed by atoms with van der Waals surface area (Å²) in [4.78, 5) is 11.4. The van der Waals surface area contributed by atoms with Gasteiger partial charge >= 0.3 is 5.97 Å². The van der Waals surface area contributed by atoms with Gasteiger partial charge in [-0.15, -0.1) is 0 Å². The fourth-order valence-corrected chi connectivity index (χ4v) is 2.17. The van der Waals surface area contributed by atoms with Crippen molar-refractivity contribution >= 4 is 5.97 Å². The van der Waals surface area contributed by atoms with Crippen LogP contribution in [0, 0.1) is 0 Å². The van der Waals surface area contributed by atoms with Crippen molar-refractivity contribution in [2.75, 3.05) is 6.61 Å². The highest BCUT2D eigenvalue weighted by atomic mass is 16.5. The van der Waals surface area contributed by atoms with Crippen LogP contribution in [0.3, 0.4) is 0 Å². The second kappa shape index (κ2) is 5.88. The van der Waals surface area contributed by atoms with Crippen molar-refractivity contribution in [3.63, 3.8) is 0 Å². The third-order valence-electron chi connectivity index (χ3n) is 3.38. The first kappa shape index (κ1) is 14.3. The minimum atomic E-state index is -1.30. The predicted octanol–water partition coefficient (Wildman–Crippen LogP) is 3.69. The van der Waals surface area contributed by atoms with Gasteiger partial charge in [0.05, 0.1) is 0 Å². The van der Waals surface area contributed by atoms with Crippen molar-refractivity contribution in [1.82, 2.24) is 0 Å². The van der Waals surface area contributed by atoms with E-state index < -0.39 is 11.6 Å². The van der Waals surface area contributed by atoms with Crippen LogP contribution in [0.5, 0.6) is 0 Å². The molecule has 0 aromatic heterocycles. The van der Waals surface area contributed by atoms with Gasteiger partial charge in [0.15, 0.2) is 5.60 Å². The van der Waals surface area contributed by atoms with Crippen LogP contribution in [0.2, 0.25) is 0 Å². The van der Waals surface area contributed by atoms with Crippen molar-refractivity contribution in [1.29, 1.82) is 0 Å². The quantitative estimate of drug-likeness (QED) is 0.901. The van der Waals surface area contributed by atoms with Gasteiger partial charge in [0, 0.05) is 6.61 Å². The summed E-state index contributed by atoms with van der Waals surface area (Å²) >= 11 is 0. The maximum absolute atomic E-state index is 11.4. The standard InChI is InChI=1S/C17H18O3/c1-3-20-17(2,16(18)19)15-11-9-14(10-12-15)13-7-5-4-6-8-13/h4-12H,3H2,1-2H3,(H,18,19)/t17-/m1/s1. The van der Waals surface area contributed by atoms with E-state index in [1.165, 1.54) is 0 Å². The van der Waals surface area contributed by atoms with Crippen LogP contribution < -0.4 is 0 Å². The van der Waals surface area contributed by atoms with E-state index in [1.54, 1.807) is 13.8 Å². The van der Waals surface area contributed by atoms with Gasteiger partial charge in [-0.1, -0.05) is 54.6 Å². The number of ether oxygens (including phenoxy) is 1. The second-order valence-electron chi connectivity index (χ2n) is 4.71. The molecule has 3 heteroatoms. The van der Waals surface area contributed by atoms with Crippen LogP contribution in [-0.2, 0) is 15.1 Å². The lowest BCUT2D eigenvalue weighted by atomic mass is 9.93. The zero-order valence-electron chi connectivity index (χ0n) is 11.7. The smallest absolute Gasteiger partial charge is 0.340 e. The van der Waals surface area contributed by atoms with E-state index in [-0.39, 0.29) is 0 Å². The Morgan fingerprint density at radius 1 is 1.05 bits per heavy atom. The minimum Gasteiger partial charge on any atom is -0.479 e. The third kappa shape index (κ3) is 2.73. The number of rotatable bonds is 5. The van der Waals surface area contributed by atoms with Crippen LogP contribution >= 0.6 is 0 Å². The van der Waals surface area contributed by atoms with Gasteiger partial charge in [0.1, 0.15) is 0 Å². The van der Waals surface area contributed by atoms with Gasteiger partial charge in [0.25, 0.3) is 0 Å². The largest absolute Gasteiger partial charge is 0.479 e. The van der Waals surface area contributed by atoms with E-state index in [9.17, 15) is 9.90 Å². The molecule has 0 heterocycles. The zero-order chi connectivity index (χ0) is 14.6. The highest BCUT2D eigenvalue weighted by Gasteiger charge is 2.35. The van der Waals surface area contributed by atoms with Gasteiger partial charge in [-0.3, -0.25) is 0 Å². The van der Waals surface area contributed by atoms with E-state index in [2.05, 4.69) is 0 Å². The molecule has 2 aromatic rings. The predicted molar refractivity (Wildman–Crippen MR) is 78.5 cm³/mol. The number of aliphatic carboxylic acids is 1. The van der Waals surface area contributed by atoms with Gasteiger partial charge in [-0.05, 0) is 30.5 Å². The Balaban J connectivity index is 2.34. The number of carboxylic acid groups (broad SMARTS) is 1. The molecule has 2 aromatic carbocycles. The highest BCUT2D eigenvalue weighted by molar-refractivity contribution is 5.79. The highest BCUT2D eigenvalue weighted by Crippen LogP contribution is 2.28. The van der Waals surface area contributed by atoms with Crippen molar-refractivity contribution in [2.24, 2.45) is 0 Å². The summed E-state index contributed by atoms with van der Waals surface area (Å²) < 4.78 is 5.42. The van der Waals surface area contributed by atoms with Crippen molar-refractivity contribution in [3.8, 4) is 11.1 Å². The topological polar surface area (TPSA) is 46.5 Å². The van der Waals surface area contributed by atoms with Crippen LogP contribution in [0.25, 0.3) is 11.1 Å². The van der Waals surface area contributed by atoms with E-state index in [4.69, 9.17) is 4.74 Å². The number of hydrogen-bond donors (Lipinski definition) is 1. The monoisotopic (exact) mass is 270 g/mol. The third-order valence-corrected chi connectivity index (χ3v) is 3.38. The molecule has 0 aliphatic rings. The average Bonchev–Trinajstić information content (AvgIpc) is 2.48. The van der Waals surface area contributed by atoms with Crippen molar-refractivity contribution in [2.45, 2.75) is 19.4 Å². The Kier molecular flexibility index (Phi) is 4.20. The first-order chi connectivity index (χ1) is 9.58. The Labute approximate surface area is 118 Å². The molecule has 104 valence electrons. The first-order valence-corrected chi connectivity index (χ1v) is 6.61. The summed E-state index contributed by atoms with van der Waals surface area (Å²) in [5, 5.41) is 9.38. The SMILES string of the molecule is CCO[C@@](C)(C(=O)O)c1ccc(-c2ccccc2)cc1. The lowest BCUT2D eigenvalue weighted by Gasteiger charge is -2.25. The van der Waals surface area contributed by atoms with Crippen LogP contribution in [-0.4, -0.2) is 17.7 Å². The molecule has 0 unspecified atom stereocenters. The molecule has 20 heavy (non-hydrogen) atoms. The maximum atomic E-state index is 11.4. The Hall–Kier alpha value is -2.13. The van der Waals surface area contributed by atoms with E-state index in [0.29, 0.717) is 12.2 Å². The summed E-state index contributed by atoms with van der Waals surface area (Å²) in [7, 11) is 0. The number of carboxylic acids is 1. The fourth-order valence-electron chi connectivity index (χ4n) is 2.17. The molecule has 0 fully saturated rings. The van der Waals surface area contributed by atoms with Crippen molar-refractivity contribution < 1.29 is 14.6 Å². The summed E-state index contributed by atoms with van der Waals surface area (Å²) in [6, 6.07) is 17.4. The van der Waals surface area contributed by atoms with Crippen LogP contribution in [0.1, 0.15) is 19.4 Å². The molecule has 0 saturated heterocycles. The fraction of sp³-hybridized carbons (Fsp3) is 0.235. The molecule has 2 rings (SSSR count). The van der Waals surface area contributed by atoms with Crippen LogP contribution in [0.4, 0.5) is 0 Å². The molecule has 3 nitrogen and oxygen atoms in total. The molecule has 0 bridgehead atoms. The molecule has 1 atom stereocenters. The van der Waals surface area contributed by atoms with Gasteiger partial charge < -0.3 is 9.84 Å². The van der Waals surface area contributed by atoms with Gasteiger partial charge in [0.2, 0.25) is 0 Å². The van der Waals surface area contributed by atoms with Crippen LogP contribution in [0.15, 0.2) is 54.6 Å². The Bertz CT molecular complexity index is 575. The lowest BCUT2D eigenvalue weighted by Crippen LogP contribution is -2.35. The Morgan fingerprint density at radius 2 is 1.60 bits per heavy atom. The minimum absolute atomic E-state index is 0.350. The first-order valence-electron chi connectivity index (χ1n) is 6.61. The number of carbonyl (C=O) groups is 1. The Morgan fingerprint density at radius 3 is 2.10 bits per heavy atom.